The van der Waals surface area contributed by atoms with Crippen molar-refractivity contribution in [3.05, 3.63) is 6.92 Å². The van der Waals surface area contributed by atoms with Crippen LogP contribution in [0.1, 0.15) is 6.42 Å². The van der Waals surface area contributed by atoms with Gasteiger partial charge >= 0.3 is 0 Å². The van der Waals surface area contributed by atoms with Crippen LogP contribution >= 0.6 is 0 Å². The molecule has 0 N–H and O–H groups in total. The van der Waals surface area contributed by atoms with Gasteiger partial charge in [0.25, 0.3) is 0 Å². The number of nitrogens with zero attached hydrogens (tertiary/aromatic N) is 1. The van der Waals surface area contributed by atoms with Gasteiger partial charge < -0.3 is 4.74 Å². The van der Waals surface area contributed by atoms with E-state index in [-0.39, 0.29) is 0 Å². The van der Waals surface area contributed by atoms with Crippen LogP contribution in [-0.2, 0) is 4.74 Å². The van der Waals surface area contributed by atoms with E-state index < -0.39 is 0 Å². The molecule has 3 aliphatic heterocycles. The quantitative estimate of drug-likeness (QED) is 0.501. The first kappa shape index (κ1) is 5.69. The summed E-state index contributed by atoms with van der Waals surface area (Å²) in [6.07, 6.45) is 2.38. The Bertz CT molecular complexity index is 99.5. The lowest BCUT2D eigenvalue weighted by Gasteiger charge is -2.46. The minimum absolute atomic E-state index is 0.547. The largest absolute Gasteiger partial charge is 0.372 e. The second-order valence-corrected chi connectivity index (χ2v) is 2.88. The van der Waals surface area contributed by atoms with Crippen molar-refractivity contribution in [2.24, 2.45) is 0 Å². The topological polar surface area (TPSA) is 12.5 Å². The zero-order valence-electron chi connectivity index (χ0n) is 5.55. The summed E-state index contributed by atoms with van der Waals surface area (Å²) in [5.74, 6) is 0. The summed E-state index contributed by atoms with van der Waals surface area (Å²) >= 11 is 0. The number of rotatable bonds is 1. The average molecular weight is 126 g/mol. The standard InChI is InChI=1S/C7H12NO/c1-2-8-4-6-3-7(5-8)9-6/h6-7H,1-5H2. The van der Waals surface area contributed by atoms with Crippen LogP contribution in [0, 0.1) is 6.92 Å². The molecule has 3 saturated heterocycles. The molecule has 0 aromatic heterocycles. The van der Waals surface area contributed by atoms with Crippen molar-refractivity contribution in [2.45, 2.75) is 18.6 Å². The van der Waals surface area contributed by atoms with Crippen LogP contribution in [0.25, 0.3) is 0 Å². The molecule has 2 atom stereocenters. The maximum absolute atomic E-state index is 5.44. The number of ether oxygens (including phenoxy) is 1. The Morgan fingerprint density at radius 2 is 2.00 bits per heavy atom. The summed E-state index contributed by atoms with van der Waals surface area (Å²) in [5.41, 5.74) is 0. The van der Waals surface area contributed by atoms with Crippen LogP contribution in [0.4, 0.5) is 0 Å². The van der Waals surface area contributed by atoms with Crippen LogP contribution in [0.15, 0.2) is 0 Å². The van der Waals surface area contributed by atoms with E-state index in [0.29, 0.717) is 12.2 Å². The highest BCUT2D eigenvalue weighted by Crippen LogP contribution is 2.27. The first-order chi connectivity index (χ1) is 4.38. The summed E-state index contributed by atoms with van der Waals surface area (Å²) in [5, 5.41) is 0. The molecule has 3 heterocycles. The molecule has 2 bridgehead atoms. The summed E-state index contributed by atoms with van der Waals surface area (Å²) in [4.78, 5) is 2.35. The summed E-state index contributed by atoms with van der Waals surface area (Å²) in [6, 6.07) is 0. The van der Waals surface area contributed by atoms with Crippen molar-refractivity contribution in [1.29, 1.82) is 0 Å². The van der Waals surface area contributed by atoms with Crippen LogP contribution < -0.4 is 0 Å². The Labute approximate surface area is 55.8 Å². The Morgan fingerprint density at radius 1 is 1.44 bits per heavy atom. The molecule has 0 aliphatic carbocycles. The number of fused-ring (bicyclic) bond motifs is 2. The Balaban J connectivity index is 1.89. The van der Waals surface area contributed by atoms with Crippen LogP contribution in [0.5, 0.6) is 0 Å². The molecule has 0 aromatic carbocycles. The van der Waals surface area contributed by atoms with Gasteiger partial charge in [0.1, 0.15) is 0 Å². The molecule has 51 valence electrons. The third-order valence-corrected chi connectivity index (χ3v) is 2.15. The van der Waals surface area contributed by atoms with E-state index in [1.807, 2.05) is 0 Å². The first-order valence-corrected chi connectivity index (χ1v) is 3.55. The third kappa shape index (κ3) is 0.864. The summed E-state index contributed by atoms with van der Waals surface area (Å²) in [7, 11) is 0. The normalized spacial score (nSPS) is 42.3. The zero-order chi connectivity index (χ0) is 6.27. The van der Waals surface area contributed by atoms with Gasteiger partial charge in [-0.15, -0.1) is 0 Å². The van der Waals surface area contributed by atoms with Crippen molar-refractivity contribution >= 4 is 0 Å². The van der Waals surface area contributed by atoms with E-state index >= 15 is 0 Å². The number of morpholine rings is 1. The molecule has 2 nitrogen and oxygen atoms in total. The molecule has 0 aromatic rings. The molecule has 1 radical (unpaired) electrons. The summed E-state index contributed by atoms with van der Waals surface area (Å²) in [6.45, 7) is 7.00. The van der Waals surface area contributed by atoms with Crippen molar-refractivity contribution < 1.29 is 4.74 Å². The van der Waals surface area contributed by atoms with E-state index in [1.165, 1.54) is 6.42 Å². The molecule has 2 unspecified atom stereocenters. The monoisotopic (exact) mass is 126 g/mol. The fourth-order valence-electron chi connectivity index (χ4n) is 1.62. The predicted molar refractivity (Wildman–Crippen MR) is 35.1 cm³/mol. The Hall–Kier alpha value is -0.0800. The highest BCUT2D eigenvalue weighted by molar-refractivity contribution is 4.88. The van der Waals surface area contributed by atoms with Crippen molar-refractivity contribution in [3.8, 4) is 0 Å². The van der Waals surface area contributed by atoms with Crippen molar-refractivity contribution in [3.63, 3.8) is 0 Å². The molecule has 0 saturated carbocycles. The van der Waals surface area contributed by atoms with Gasteiger partial charge in [-0.3, -0.25) is 4.90 Å². The molecule has 9 heavy (non-hydrogen) atoms. The molecule has 0 amide bonds. The molecular weight excluding hydrogens is 114 g/mol. The molecule has 2 heteroatoms. The Morgan fingerprint density at radius 3 is 2.33 bits per heavy atom. The fraction of sp³-hybridized carbons (Fsp3) is 0.857. The van der Waals surface area contributed by atoms with Crippen LogP contribution in [0.2, 0.25) is 0 Å². The second-order valence-electron chi connectivity index (χ2n) is 2.88. The first-order valence-electron chi connectivity index (χ1n) is 3.55. The molecular formula is C7H12NO. The summed E-state index contributed by atoms with van der Waals surface area (Å²) < 4.78 is 5.44. The van der Waals surface area contributed by atoms with Gasteiger partial charge in [-0.25, -0.2) is 0 Å². The SMILES string of the molecule is [CH2]CN1CC2CC(C1)O2. The van der Waals surface area contributed by atoms with Gasteiger partial charge in [0, 0.05) is 19.5 Å². The second kappa shape index (κ2) is 1.96. The number of hydrogen-bond donors (Lipinski definition) is 0. The van der Waals surface area contributed by atoms with Gasteiger partial charge in [-0.05, 0) is 13.5 Å². The van der Waals surface area contributed by atoms with Crippen molar-refractivity contribution in [2.75, 3.05) is 19.6 Å². The lowest BCUT2D eigenvalue weighted by atomic mass is 9.99. The van der Waals surface area contributed by atoms with Gasteiger partial charge in [0.2, 0.25) is 0 Å². The minimum atomic E-state index is 0.547. The van der Waals surface area contributed by atoms with Gasteiger partial charge in [0.15, 0.2) is 0 Å². The van der Waals surface area contributed by atoms with Gasteiger partial charge in [-0.2, -0.15) is 0 Å². The fourth-order valence-corrected chi connectivity index (χ4v) is 1.62. The smallest absolute Gasteiger partial charge is 0.0731 e. The van der Waals surface area contributed by atoms with Crippen molar-refractivity contribution in [1.82, 2.24) is 4.90 Å². The van der Waals surface area contributed by atoms with E-state index in [1.54, 1.807) is 0 Å². The molecule has 3 rings (SSSR count). The molecule has 0 spiro atoms. The van der Waals surface area contributed by atoms with Gasteiger partial charge in [0.05, 0.1) is 12.2 Å². The minimum Gasteiger partial charge on any atom is -0.372 e. The zero-order valence-corrected chi connectivity index (χ0v) is 5.55. The maximum Gasteiger partial charge on any atom is 0.0731 e. The highest BCUT2D eigenvalue weighted by Gasteiger charge is 2.37. The third-order valence-electron chi connectivity index (χ3n) is 2.15. The Kier molecular flexibility index (Phi) is 1.24. The van der Waals surface area contributed by atoms with E-state index in [4.69, 9.17) is 4.74 Å². The number of piperidine rings is 1. The molecule has 3 fully saturated rings. The predicted octanol–water partition coefficient (Wildman–Crippen LogP) is 0.294. The van der Waals surface area contributed by atoms with Crippen LogP contribution in [0.3, 0.4) is 0 Å². The highest BCUT2D eigenvalue weighted by atomic mass is 16.5. The average Bonchev–Trinajstić information content (AvgIpc) is 1.87. The van der Waals surface area contributed by atoms with E-state index in [9.17, 15) is 0 Å². The molecule has 3 aliphatic rings. The maximum atomic E-state index is 5.44. The lowest BCUT2D eigenvalue weighted by molar-refractivity contribution is -0.178. The number of hydrogen-bond acceptors (Lipinski definition) is 2. The van der Waals surface area contributed by atoms with Gasteiger partial charge in [-0.1, -0.05) is 0 Å². The van der Waals surface area contributed by atoms with Crippen LogP contribution in [-0.4, -0.2) is 36.7 Å². The van der Waals surface area contributed by atoms with E-state index in [2.05, 4.69) is 11.8 Å². The lowest BCUT2D eigenvalue weighted by Crippen LogP contribution is -2.56. The van der Waals surface area contributed by atoms with E-state index in [0.717, 1.165) is 19.6 Å².